The summed E-state index contributed by atoms with van der Waals surface area (Å²) < 4.78 is 1.15. The number of rotatable bonds is 0. The van der Waals surface area contributed by atoms with E-state index in [2.05, 4.69) is 11.1 Å². The van der Waals surface area contributed by atoms with E-state index < -0.39 is 0 Å². The first kappa shape index (κ1) is 12.0. The van der Waals surface area contributed by atoms with Gasteiger partial charge in [-0.1, -0.05) is 38.1 Å². The van der Waals surface area contributed by atoms with Crippen LogP contribution in [0.5, 0.6) is 0 Å². The number of H-pyrrole nitrogens is 1. The molecule has 1 aromatic carbocycles. The van der Waals surface area contributed by atoms with Crippen LogP contribution < -0.4 is 11.2 Å². The maximum absolute atomic E-state index is 12.4. The van der Waals surface area contributed by atoms with Crippen LogP contribution in [0.15, 0.2) is 33.9 Å². The standard InChI is InChI=1S/C15H16N2O2/c1-15(2)8-9-6-4-5-7-10(9)12-11(15)13(18)17(3)14(19)16-12/h4-7H,8H2,1-3H3,(H,16,19). The van der Waals surface area contributed by atoms with Crippen molar-refractivity contribution in [1.29, 1.82) is 0 Å². The van der Waals surface area contributed by atoms with Crippen LogP contribution in [0.2, 0.25) is 0 Å². The van der Waals surface area contributed by atoms with E-state index in [1.54, 1.807) is 0 Å². The van der Waals surface area contributed by atoms with Crippen LogP contribution >= 0.6 is 0 Å². The molecule has 0 fully saturated rings. The molecule has 0 unspecified atom stereocenters. The summed E-state index contributed by atoms with van der Waals surface area (Å²) in [4.78, 5) is 27.1. The molecule has 98 valence electrons. The second-order valence-electron chi connectivity index (χ2n) is 5.76. The molecule has 1 aliphatic rings. The van der Waals surface area contributed by atoms with Gasteiger partial charge in [0.1, 0.15) is 0 Å². The van der Waals surface area contributed by atoms with Crippen LogP contribution in [-0.2, 0) is 18.9 Å². The second kappa shape index (κ2) is 3.70. The largest absolute Gasteiger partial charge is 0.328 e. The first-order chi connectivity index (χ1) is 8.92. The van der Waals surface area contributed by atoms with Crippen LogP contribution in [0.4, 0.5) is 0 Å². The van der Waals surface area contributed by atoms with Crippen molar-refractivity contribution >= 4 is 0 Å². The fourth-order valence-corrected chi connectivity index (χ4v) is 2.93. The molecule has 0 atom stereocenters. The van der Waals surface area contributed by atoms with E-state index in [1.807, 2.05) is 32.0 Å². The third-order valence-electron chi connectivity index (χ3n) is 3.90. The van der Waals surface area contributed by atoms with Gasteiger partial charge in [0.25, 0.3) is 5.56 Å². The topological polar surface area (TPSA) is 54.9 Å². The zero-order chi connectivity index (χ0) is 13.8. The van der Waals surface area contributed by atoms with Gasteiger partial charge < -0.3 is 4.98 Å². The fourth-order valence-electron chi connectivity index (χ4n) is 2.93. The summed E-state index contributed by atoms with van der Waals surface area (Å²) in [5.74, 6) is 0. The Morgan fingerprint density at radius 2 is 1.89 bits per heavy atom. The number of nitrogens with one attached hydrogen (secondary N) is 1. The number of hydrogen-bond acceptors (Lipinski definition) is 2. The molecule has 3 rings (SSSR count). The van der Waals surface area contributed by atoms with Crippen LogP contribution in [0, 0.1) is 0 Å². The van der Waals surface area contributed by atoms with Crippen molar-refractivity contribution in [3.63, 3.8) is 0 Å². The van der Waals surface area contributed by atoms with Gasteiger partial charge in [0.2, 0.25) is 0 Å². The second-order valence-corrected chi connectivity index (χ2v) is 5.76. The monoisotopic (exact) mass is 256 g/mol. The fraction of sp³-hybridized carbons (Fsp3) is 0.333. The van der Waals surface area contributed by atoms with E-state index in [4.69, 9.17) is 0 Å². The maximum Gasteiger partial charge on any atom is 0.328 e. The molecule has 0 saturated heterocycles. The zero-order valence-corrected chi connectivity index (χ0v) is 11.3. The Kier molecular flexibility index (Phi) is 2.33. The first-order valence-electron chi connectivity index (χ1n) is 6.34. The predicted molar refractivity (Wildman–Crippen MR) is 74.5 cm³/mol. The van der Waals surface area contributed by atoms with Gasteiger partial charge in [0.15, 0.2) is 0 Å². The van der Waals surface area contributed by atoms with Gasteiger partial charge in [-0.25, -0.2) is 4.79 Å². The summed E-state index contributed by atoms with van der Waals surface area (Å²) in [6.07, 6.45) is 0.803. The Labute approximate surface area is 110 Å². The summed E-state index contributed by atoms with van der Waals surface area (Å²) in [7, 11) is 1.51. The van der Waals surface area contributed by atoms with Gasteiger partial charge in [-0.3, -0.25) is 9.36 Å². The third kappa shape index (κ3) is 1.59. The van der Waals surface area contributed by atoms with E-state index in [-0.39, 0.29) is 16.7 Å². The van der Waals surface area contributed by atoms with Crippen molar-refractivity contribution in [2.75, 3.05) is 0 Å². The average Bonchev–Trinajstić information content (AvgIpc) is 2.34. The van der Waals surface area contributed by atoms with Gasteiger partial charge in [-0.2, -0.15) is 0 Å². The summed E-state index contributed by atoms with van der Waals surface area (Å²) in [5.41, 5.74) is 2.68. The number of aromatic nitrogens is 2. The number of hydrogen-bond donors (Lipinski definition) is 1. The van der Waals surface area contributed by atoms with Crippen LogP contribution in [-0.4, -0.2) is 9.55 Å². The lowest BCUT2D eigenvalue weighted by molar-refractivity contribution is 0.499. The lowest BCUT2D eigenvalue weighted by atomic mass is 9.72. The Morgan fingerprint density at radius 1 is 1.21 bits per heavy atom. The highest BCUT2D eigenvalue weighted by Gasteiger charge is 2.34. The average molecular weight is 256 g/mol. The minimum Gasteiger partial charge on any atom is -0.306 e. The van der Waals surface area contributed by atoms with Crippen molar-refractivity contribution in [2.24, 2.45) is 7.05 Å². The van der Waals surface area contributed by atoms with Gasteiger partial charge in [-0.15, -0.1) is 0 Å². The summed E-state index contributed by atoms with van der Waals surface area (Å²) in [6, 6.07) is 7.92. The molecule has 0 spiro atoms. The molecule has 2 aromatic rings. The highest BCUT2D eigenvalue weighted by molar-refractivity contribution is 5.70. The zero-order valence-electron chi connectivity index (χ0n) is 11.3. The SMILES string of the molecule is Cn1c(=O)[nH]c2c(c1=O)C(C)(C)Cc1ccccc1-2. The quantitative estimate of drug-likeness (QED) is 0.778. The predicted octanol–water partition coefficient (Wildman–Crippen LogP) is 1.57. The van der Waals surface area contributed by atoms with Crippen LogP contribution in [0.1, 0.15) is 25.0 Å². The van der Waals surface area contributed by atoms with Crippen molar-refractivity contribution in [2.45, 2.75) is 25.7 Å². The van der Waals surface area contributed by atoms with Crippen molar-refractivity contribution < 1.29 is 0 Å². The van der Waals surface area contributed by atoms with E-state index >= 15 is 0 Å². The van der Waals surface area contributed by atoms with Gasteiger partial charge in [-0.05, 0) is 12.0 Å². The lowest BCUT2D eigenvalue weighted by Crippen LogP contribution is -2.42. The Balaban J connectivity index is 2.49. The van der Waals surface area contributed by atoms with Crippen molar-refractivity contribution in [3.05, 3.63) is 56.2 Å². The first-order valence-corrected chi connectivity index (χ1v) is 6.34. The van der Waals surface area contributed by atoms with Gasteiger partial charge >= 0.3 is 5.69 Å². The van der Waals surface area contributed by atoms with E-state index in [1.165, 1.54) is 12.6 Å². The van der Waals surface area contributed by atoms with Crippen molar-refractivity contribution in [1.82, 2.24) is 9.55 Å². The molecule has 0 radical (unpaired) electrons. The molecule has 1 N–H and O–H groups in total. The number of benzene rings is 1. The smallest absolute Gasteiger partial charge is 0.306 e. The maximum atomic E-state index is 12.4. The lowest BCUT2D eigenvalue weighted by Gasteiger charge is -2.32. The normalized spacial score (nSPS) is 15.7. The molecule has 0 amide bonds. The van der Waals surface area contributed by atoms with Gasteiger partial charge in [0, 0.05) is 23.6 Å². The summed E-state index contributed by atoms with van der Waals surface area (Å²) in [5, 5.41) is 0. The number of nitrogens with zero attached hydrogens (tertiary/aromatic N) is 1. The molecule has 0 saturated carbocycles. The molecule has 1 aliphatic carbocycles. The third-order valence-corrected chi connectivity index (χ3v) is 3.90. The van der Waals surface area contributed by atoms with Crippen LogP contribution in [0.3, 0.4) is 0 Å². The summed E-state index contributed by atoms with van der Waals surface area (Å²) in [6.45, 7) is 4.09. The Hall–Kier alpha value is -2.10. The van der Waals surface area contributed by atoms with E-state index in [0.717, 1.165) is 16.6 Å². The molecule has 19 heavy (non-hydrogen) atoms. The molecule has 1 heterocycles. The highest BCUT2D eigenvalue weighted by Crippen LogP contribution is 2.39. The van der Waals surface area contributed by atoms with Crippen LogP contribution in [0.25, 0.3) is 11.3 Å². The molecule has 0 aliphatic heterocycles. The molecular weight excluding hydrogens is 240 g/mol. The minimum atomic E-state index is -0.365. The van der Waals surface area contributed by atoms with E-state index in [9.17, 15) is 9.59 Å². The van der Waals surface area contributed by atoms with E-state index in [0.29, 0.717) is 11.3 Å². The molecular formula is C15H16N2O2. The van der Waals surface area contributed by atoms with Gasteiger partial charge in [0.05, 0.1) is 5.69 Å². The molecule has 0 bridgehead atoms. The Bertz CT molecular complexity index is 781. The summed E-state index contributed by atoms with van der Waals surface area (Å²) >= 11 is 0. The Morgan fingerprint density at radius 3 is 2.63 bits per heavy atom. The highest BCUT2D eigenvalue weighted by atomic mass is 16.2. The number of aromatic amines is 1. The van der Waals surface area contributed by atoms with Crippen molar-refractivity contribution in [3.8, 4) is 11.3 Å². The molecule has 4 nitrogen and oxygen atoms in total. The minimum absolute atomic E-state index is 0.196. The molecule has 4 heteroatoms. The number of fused-ring (bicyclic) bond motifs is 3. The molecule has 1 aromatic heterocycles.